The zero-order valence-electron chi connectivity index (χ0n) is 15.5. The highest BCUT2D eigenvalue weighted by molar-refractivity contribution is 5.78. The lowest BCUT2D eigenvalue weighted by Gasteiger charge is -2.45. The van der Waals surface area contributed by atoms with Gasteiger partial charge in [0, 0.05) is 18.1 Å². The summed E-state index contributed by atoms with van der Waals surface area (Å²) < 4.78 is 12.0. The number of likely N-dealkylation sites (tertiary alicyclic amines) is 1. The number of aliphatic hydroxyl groups excluding tert-OH is 1. The van der Waals surface area contributed by atoms with E-state index in [0.29, 0.717) is 13.2 Å². The number of hydrogen-bond donors (Lipinski definition) is 2. The molecule has 0 unspecified atom stereocenters. The number of benzene rings is 1. The fourth-order valence-electron chi connectivity index (χ4n) is 4.71. The van der Waals surface area contributed by atoms with Gasteiger partial charge in [-0.1, -0.05) is 24.6 Å². The van der Waals surface area contributed by atoms with Crippen LogP contribution in [0, 0.1) is 0 Å². The van der Waals surface area contributed by atoms with E-state index in [1.54, 1.807) is 0 Å². The van der Waals surface area contributed by atoms with Crippen molar-refractivity contribution in [3.8, 4) is 0 Å². The van der Waals surface area contributed by atoms with Gasteiger partial charge in [0.15, 0.2) is 6.29 Å². The molecule has 3 aliphatic heterocycles. The average Bonchev–Trinajstić information content (AvgIpc) is 3.13. The molecule has 2 bridgehead atoms. The van der Waals surface area contributed by atoms with Crippen molar-refractivity contribution in [2.75, 3.05) is 19.7 Å². The predicted octanol–water partition coefficient (Wildman–Crippen LogP) is 1.66. The second-order valence-electron chi connectivity index (χ2n) is 7.90. The highest BCUT2D eigenvalue weighted by Crippen LogP contribution is 2.32. The summed E-state index contributed by atoms with van der Waals surface area (Å²) in [5.74, 6) is 0. The Labute approximate surface area is 159 Å². The van der Waals surface area contributed by atoms with Crippen molar-refractivity contribution < 1.29 is 14.6 Å². The molecule has 27 heavy (non-hydrogen) atoms. The molecule has 144 valence electrons. The molecule has 3 saturated heterocycles. The molecule has 0 saturated carbocycles. The molecule has 3 aliphatic rings. The third-order valence-corrected chi connectivity index (χ3v) is 6.13. The SMILES string of the molecule is O[C@H]1[C@H](NCc2cnc3ccccc3c2)[C@H]2CO[C@H](O2)[C@@H]1N1CCCCC1. The summed E-state index contributed by atoms with van der Waals surface area (Å²) in [6.07, 6.45) is 4.64. The highest BCUT2D eigenvalue weighted by Gasteiger charge is 2.51. The molecule has 0 spiro atoms. The predicted molar refractivity (Wildman–Crippen MR) is 102 cm³/mol. The van der Waals surface area contributed by atoms with E-state index in [2.05, 4.69) is 27.3 Å². The van der Waals surface area contributed by atoms with Crippen molar-refractivity contribution >= 4 is 10.9 Å². The Morgan fingerprint density at radius 1 is 1.19 bits per heavy atom. The summed E-state index contributed by atoms with van der Waals surface area (Å²) >= 11 is 0. The van der Waals surface area contributed by atoms with Crippen LogP contribution in [0.3, 0.4) is 0 Å². The normalized spacial score (nSPS) is 34.2. The van der Waals surface area contributed by atoms with Crippen molar-refractivity contribution in [3.05, 3.63) is 42.1 Å². The van der Waals surface area contributed by atoms with Crippen molar-refractivity contribution in [3.63, 3.8) is 0 Å². The molecule has 2 N–H and O–H groups in total. The van der Waals surface area contributed by atoms with Gasteiger partial charge in [-0.05, 0) is 43.6 Å². The van der Waals surface area contributed by atoms with E-state index in [1.165, 1.54) is 19.3 Å². The van der Waals surface area contributed by atoms with Crippen LogP contribution >= 0.6 is 0 Å². The molecule has 6 nitrogen and oxygen atoms in total. The summed E-state index contributed by atoms with van der Waals surface area (Å²) in [5.41, 5.74) is 2.11. The smallest absolute Gasteiger partial charge is 0.176 e. The van der Waals surface area contributed by atoms with Gasteiger partial charge in [-0.3, -0.25) is 9.88 Å². The fourth-order valence-corrected chi connectivity index (χ4v) is 4.71. The molecule has 2 aromatic rings. The van der Waals surface area contributed by atoms with Crippen molar-refractivity contribution in [2.45, 2.75) is 56.4 Å². The molecule has 4 heterocycles. The lowest BCUT2D eigenvalue weighted by Crippen LogP contribution is -2.64. The molecule has 6 heteroatoms. The summed E-state index contributed by atoms with van der Waals surface area (Å²) in [4.78, 5) is 6.89. The Balaban J connectivity index is 1.31. The first-order valence-electron chi connectivity index (χ1n) is 10.1. The Bertz CT molecular complexity index is 795. The van der Waals surface area contributed by atoms with Gasteiger partial charge in [0.1, 0.15) is 6.10 Å². The second-order valence-corrected chi connectivity index (χ2v) is 7.90. The summed E-state index contributed by atoms with van der Waals surface area (Å²) in [7, 11) is 0. The molecule has 1 aromatic heterocycles. The van der Waals surface area contributed by atoms with Crippen LogP contribution < -0.4 is 5.32 Å². The van der Waals surface area contributed by atoms with Crippen LogP contribution in [0.15, 0.2) is 36.5 Å². The standard InChI is InChI=1S/C21H27N3O3/c25-20-18(23-12-14-10-15-6-2-3-7-16(15)22-11-14)17-13-26-21(27-17)19(20)24-8-4-1-5-9-24/h2-3,6-7,10-11,17-21,23,25H,1,4-5,8-9,12-13H2/t17-,18-,19-,20+,21-/m1/s1. The van der Waals surface area contributed by atoms with E-state index < -0.39 is 6.10 Å². The van der Waals surface area contributed by atoms with Crippen LogP contribution in [0.5, 0.6) is 0 Å². The molecular weight excluding hydrogens is 342 g/mol. The van der Waals surface area contributed by atoms with Gasteiger partial charge in [-0.2, -0.15) is 0 Å². The number of pyridine rings is 1. The van der Waals surface area contributed by atoms with E-state index in [4.69, 9.17) is 9.47 Å². The molecular formula is C21H27N3O3. The van der Waals surface area contributed by atoms with Gasteiger partial charge in [0.25, 0.3) is 0 Å². The maximum Gasteiger partial charge on any atom is 0.176 e. The minimum absolute atomic E-state index is 0.0868. The maximum absolute atomic E-state index is 11.1. The quantitative estimate of drug-likeness (QED) is 0.855. The molecule has 0 aliphatic carbocycles. The number of fused-ring (bicyclic) bond motifs is 3. The number of para-hydroxylation sites is 1. The first-order chi connectivity index (χ1) is 13.3. The van der Waals surface area contributed by atoms with E-state index in [-0.39, 0.29) is 24.5 Å². The van der Waals surface area contributed by atoms with Gasteiger partial charge < -0.3 is 19.9 Å². The molecule has 3 fully saturated rings. The Kier molecular flexibility index (Phi) is 4.83. The molecule has 0 radical (unpaired) electrons. The largest absolute Gasteiger partial charge is 0.390 e. The number of ether oxygens (including phenoxy) is 2. The van der Waals surface area contributed by atoms with E-state index in [9.17, 15) is 5.11 Å². The third kappa shape index (κ3) is 3.37. The molecule has 5 atom stereocenters. The van der Waals surface area contributed by atoms with Crippen molar-refractivity contribution in [1.29, 1.82) is 0 Å². The zero-order valence-corrected chi connectivity index (χ0v) is 15.5. The lowest BCUT2D eigenvalue weighted by molar-refractivity contribution is -0.184. The van der Waals surface area contributed by atoms with Crippen LogP contribution in [-0.2, 0) is 16.0 Å². The number of piperidine rings is 1. The monoisotopic (exact) mass is 369 g/mol. The Hall–Kier alpha value is -1.57. The minimum atomic E-state index is -0.497. The van der Waals surface area contributed by atoms with Crippen LogP contribution in [0.1, 0.15) is 24.8 Å². The van der Waals surface area contributed by atoms with Gasteiger partial charge in [-0.15, -0.1) is 0 Å². The van der Waals surface area contributed by atoms with Gasteiger partial charge in [-0.25, -0.2) is 0 Å². The Morgan fingerprint density at radius 3 is 2.93 bits per heavy atom. The summed E-state index contributed by atoms with van der Waals surface area (Å²) in [6, 6.07) is 10.1. The summed E-state index contributed by atoms with van der Waals surface area (Å²) in [5, 5.41) is 15.8. The average molecular weight is 369 g/mol. The highest BCUT2D eigenvalue weighted by atomic mass is 16.7. The van der Waals surface area contributed by atoms with E-state index >= 15 is 0 Å². The number of aromatic nitrogens is 1. The van der Waals surface area contributed by atoms with Gasteiger partial charge in [0.05, 0.1) is 30.3 Å². The number of nitrogens with one attached hydrogen (secondary N) is 1. The minimum Gasteiger partial charge on any atom is -0.390 e. The molecule has 1 aromatic carbocycles. The topological polar surface area (TPSA) is 66.8 Å². The summed E-state index contributed by atoms with van der Waals surface area (Å²) in [6.45, 7) is 3.21. The van der Waals surface area contributed by atoms with Gasteiger partial charge >= 0.3 is 0 Å². The second kappa shape index (κ2) is 7.45. The first-order valence-corrected chi connectivity index (χ1v) is 10.1. The Morgan fingerprint density at radius 2 is 2.04 bits per heavy atom. The van der Waals surface area contributed by atoms with Crippen LogP contribution in [0.25, 0.3) is 10.9 Å². The zero-order chi connectivity index (χ0) is 18.2. The first kappa shape index (κ1) is 17.5. The molecule has 5 rings (SSSR count). The third-order valence-electron chi connectivity index (χ3n) is 6.13. The number of hydrogen-bond acceptors (Lipinski definition) is 6. The molecule has 0 amide bonds. The number of rotatable bonds is 4. The van der Waals surface area contributed by atoms with Crippen LogP contribution in [0.2, 0.25) is 0 Å². The van der Waals surface area contributed by atoms with E-state index in [1.807, 2.05) is 24.4 Å². The van der Waals surface area contributed by atoms with Crippen LogP contribution in [-0.4, -0.2) is 65.3 Å². The lowest BCUT2D eigenvalue weighted by atomic mass is 9.93. The van der Waals surface area contributed by atoms with Crippen molar-refractivity contribution in [1.82, 2.24) is 15.2 Å². The number of nitrogens with zero attached hydrogens (tertiary/aromatic N) is 2. The number of aliphatic hydroxyl groups is 1. The van der Waals surface area contributed by atoms with E-state index in [0.717, 1.165) is 29.6 Å². The van der Waals surface area contributed by atoms with Gasteiger partial charge in [0.2, 0.25) is 0 Å². The van der Waals surface area contributed by atoms with Crippen LogP contribution in [0.4, 0.5) is 0 Å². The van der Waals surface area contributed by atoms with Crippen molar-refractivity contribution in [2.24, 2.45) is 0 Å². The fraction of sp³-hybridized carbons (Fsp3) is 0.571. The maximum atomic E-state index is 11.1.